The van der Waals surface area contributed by atoms with Gasteiger partial charge in [0, 0.05) is 25.7 Å². The standard InChI is InChI=1S/C23H25N3O4S/c1-28-19-7-4-16(13-20(19)29-2)5-8-22(27)25-23-24-18-6-3-17(14-21(18)31-23)15-26-9-11-30-12-10-26/h3-8,13-14H,9-12,15H2,1-2H3,(H,24,25,27)/b8-5+. The zero-order valence-corrected chi connectivity index (χ0v) is 18.4. The van der Waals surface area contributed by atoms with E-state index in [0.29, 0.717) is 16.6 Å². The number of anilines is 1. The second kappa shape index (κ2) is 9.91. The number of nitrogens with zero attached hydrogens (tertiary/aromatic N) is 2. The average Bonchev–Trinajstić information content (AvgIpc) is 3.19. The molecule has 31 heavy (non-hydrogen) atoms. The molecule has 0 unspecified atom stereocenters. The molecule has 0 saturated carbocycles. The monoisotopic (exact) mass is 439 g/mol. The molecule has 4 rings (SSSR count). The SMILES string of the molecule is COc1ccc(/C=C/C(=O)Nc2nc3ccc(CN4CCOCC4)cc3s2)cc1OC. The third-order valence-corrected chi connectivity index (χ3v) is 5.96. The molecule has 0 radical (unpaired) electrons. The number of ether oxygens (including phenoxy) is 3. The number of carbonyl (C=O) groups excluding carboxylic acids is 1. The van der Waals surface area contributed by atoms with Crippen molar-refractivity contribution in [3.8, 4) is 11.5 Å². The molecule has 7 nitrogen and oxygen atoms in total. The van der Waals surface area contributed by atoms with Gasteiger partial charge in [-0.1, -0.05) is 23.5 Å². The Morgan fingerprint density at radius 1 is 1.16 bits per heavy atom. The van der Waals surface area contributed by atoms with E-state index in [9.17, 15) is 4.79 Å². The number of benzene rings is 2. The number of carbonyl (C=O) groups is 1. The normalized spacial score (nSPS) is 14.8. The highest BCUT2D eigenvalue weighted by atomic mass is 32.1. The summed E-state index contributed by atoms with van der Waals surface area (Å²) in [5, 5.41) is 3.44. The summed E-state index contributed by atoms with van der Waals surface area (Å²) in [5.74, 6) is 1.03. The minimum absolute atomic E-state index is 0.234. The van der Waals surface area contributed by atoms with Crippen LogP contribution in [0.4, 0.5) is 5.13 Å². The molecule has 1 saturated heterocycles. The van der Waals surface area contributed by atoms with E-state index in [-0.39, 0.29) is 5.91 Å². The van der Waals surface area contributed by atoms with Gasteiger partial charge in [0.2, 0.25) is 5.91 Å². The number of fused-ring (bicyclic) bond motifs is 1. The van der Waals surface area contributed by atoms with Gasteiger partial charge in [0.1, 0.15) is 0 Å². The van der Waals surface area contributed by atoms with Gasteiger partial charge in [-0.3, -0.25) is 15.0 Å². The Morgan fingerprint density at radius 2 is 1.97 bits per heavy atom. The quantitative estimate of drug-likeness (QED) is 0.565. The van der Waals surface area contributed by atoms with Crippen LogP contribution >= 0.6 is 11.3 Å². The van der Waals surface area contributed by atoms with Crippen molar-refractivity contribution in [3.63, 3.8) is 0 Å². The minimum Gasteiger partial charge on any atom is -0.493 e. The van der Waals surface area contributed by atoms with Crippen molar-refractivity contribution >= 4 is 38.7 Å². The Labute approximate surface area is 185 Å². The Balaban J connectivity index is 1.40. The van der Waals surface area contributed by atoms with Gasteiger partial charge in [-0.15, -0.1) is 0 Å². The molecular weight excluding hydrogens is 414 g/mol. The van der Waals surface area contributed by atoms with Crippen LogP contribution in [0, 0.1) is 0 Å². The maximum absolute atomic E-state index is 12.4. The number of amides is 1. The first-order chi connectivity index (χ1) is 15.1. The van der Waals surface area contributed by atoms with Gasteiger partial charge >= 0.3 is 0 Å². The summed E-state index contributed by atoms with van der Waals surface area (Å²) in [6, 6.07) is 11.7. The Hall–Kier alpha value is -2.94. The Kier molecular flexibility index (Phi) is 6.81. The number of hydrogen-bond donors (Lipinski definition) is 1. The molecule has 1 aromatic heterocycles. The summed E-state index contributed by atoms with van der Waals surface area (Å²) in [6.45, 7) is 4.38. The number of nitrogens with one attached hydrogen (secondary N) is 1. The van der Waals surface area contributed by atoms with E-state index in [1.54, 1.807) is 26.4 Å². The van der Waals surface area contributed by atoms with Crippen LogP contribution in [0.25, 0.3) is 16.3 Å². The molecule has 2 heterocycles. The summed E-state index contributed by atoms with van der Waals surface area (Å²) in [5.41, 5.74) is 2.96. The van der Waals surface area contributed by atoms with Gasteiger partial charge in [-0.05, 0) is 41.5 Å². The molecule has 1 aliphatic heterocycles. The van der Waals surface area contributed by atoms with Crippen molar-refractivity contribution in [1.29, 1.82) is 0 Å². The highest BCUT2D eigenvalue weighted by Gasteiger charge is 2.12. The maximum Gasteiger partial charge on any atom is 0.250 e. The van der Waals surface area contributed by atoms with Crippen LogP contribution in [-0.2, 0) is 16.1 Å². The zero-order valence-electron chi connectivity index (χ0n) is 17.6. The van der Waals surface area contributed by atoms with E-state index < -0.39 is 0 Å². The molecule has 0 atom stereocenters. The number of aromatic nitrogens is 1. The molecular formula is C23H25N3O4S. The van der Waals surface area contributed by atoms with E-state index in [0.717, 1.165) is 48.6 Å². The van der Waals surface area contributed by atoms with E-state index in [2.05, 4.69) is 27.3 Å². The van der Waals surface area contributed by atoms with Gasteiger partial charge in [-0.2, -0.15) is 0 Å². The smallest absolute Gasteiger partial charge is 0.250 e. The first-order valence-electron chi connectivity index (χ1n) is 10.1. The average molecular weight is 440 g/mol. The van der Waals surface area contributed by atoms with Gasteiger partial charge in [0.25, 0.3) is 0 Å². The van der Waals surface area contributed by atoms with Crippen LogP contribution in [0.3, 0.4) is 0 Å². The van der Waals surface area contributed by atoms with Crippen molar-refractivity contribution in [2.75, 3.05) is 45.8 Å². The van der Waals surface area contributed by atoms with Crippen LogP contribution in [0.1, 0.15) is 11.1 Å². The van der Waals surface area contributed by atoms with Crippen molar-refractivity contribution in [3.05, 3.63) is 53.6 Å². The Bertz CT molecular complexity index is 1090. The van der Waals surface area contributed by atoms with Crippen LogP contribution in [-0.4, -0.2) is 56.3 Å². The molecule has 8 heteroatoms. The Morgan fingerprint density at radius 3 is 2.74 bits per heavy atom. The molecule has 1 amide bonds. The fourth-order valence-corrected chi connectivity index (χ4v) is 4.35. The van der Waals surface area contributed by atoms with Crippen molar-refractivity contribution in [1.82, 2.24) is 9.88 Å². The second-order valence-electron chi connectivity index (χ2n) is 7.15. The maximum atomic E-state index is 12.4. The molecule has 1 aliphatic rings. The topological polar surface area (TPSA) is 72.9 Å². The fourth-order valence-electron chi connectivity index (χ4n) is 3.41. The first kappa shape index (κ1) is 21.3. The van der Waals surface area contributed by atoms with Gasteiger partial charge in [-0.25, -0.2) is 4.98 Å². The molecule has 0 spiro atoms. The lowest BCUT2D eigenvalue weighted by Gasteiger charge is -2.26. The number of methoxy groups -OCH3 is 2. The van der Waals surface area contributed by atoms with Crippen molar-refractivity contribution in [2.24, 2.45) is 0 Å². The number of hydrogen-bond acceptors (Lipinski definition) is 7. The predicted molar refractivity (Wildman–Crippen MR) is 123 cm³/mol. The van der Waals surface area contributed by atoms with E-state index >= 15 is 0 Å². The van der Waals surface area contributed by atoms with Gasteiger partial charge in [0.05, 0.1) is 37.6 Å². The molecule has 0 bridgehead atoms. The largest absolute Gasteiger partial charge is 0.493 e. The molecule has 1 fully saturated rings. The zero-order chi connectivity index (χ0) is 21.6. The molecule has 3 aromatic rings. The first-order valence-corrected chi connectivity index (χ1v) is 10.9. The van der Waals surface area contributed by atoms with Crippen LogP contribution in [0.15, 0.2) is 42.5 Å². The summed E-state index contributed by atoms with van der Waals surface area (Å²) in [4.78, 5) is 19.3. The lowest BCUT2D eigenvalue weighted by molar-refractivity contribution is -0.111. The molecule has 0 aliphatic carbocycles. The van der Waals surface area contributed by atoms with Crippen LogP contribution in [0.5, 0.6) is 11.5 Å². The van der Waals surface area contributed by atoms with E-state index in [1.165, 1.54) is 23.0 Å². The summed E-state index contributed by atoms with van der Waals surface area (Å²) < 4.78 is 17.0. The third-order valence-electron chi connectivity index (χ3n) is 5.03. The van der Waals surface area contributed by atoms with E-state index in [4.69, 9.17) is 14.2 Å². The number of rotatable bonds is 7. The molecule has 162 valence electrons. The van der Waals surface area contributed by atoms with Crippen LogP contribution < -0.4 is 14.8 Å². The number of morpholine rings is 1. The minimum atomic E-state index is -0.234. The molecule has 1 N–H and O–H groups in total. The summed E-state index contributed by atoms with van der Waals surface area (Å²) >= 11 is 1.48. The lowest BCUT2D eigenvalue weighted by Crippen LogP contribution is -2.35. The molecule has 2 aromatic carbocycles. The third kappa shape index (κ3) is 5.41. The second-order valence-corrected chi connectivity index (χ2v) is 8.18. The predicted octanol–water partition coefficient (Wildman–Crippen LogP) is 3.80. The van der Waals surface area contributed by atoms with Crippen molar-refractivity contribution < 1.29 is 19.0 Å². The number of thiazole rings is 1. The highest BCUT2D eigenvalue weighted by Crippen LogP contribution is 2.29. The fraction of sp³-hybridized carbons (Fsp3) is 0.304. The van der Waals surface area contributed by atoms with Crippen LogP contribution in [0.2, 0.25) is 0 Å². The summed E-state index contributed by atoms with van der Waals surface area (Å²) in [7, 11) is 3.17. The van der Waals surface area contributed by atoms with E-state index in [1.807, 2.05) is 18.2 Å². The highest BCUT2D eigenvalue weighted by molar-refractivity contribution is 7.22. The van der Waals surface area contributed by atoms with Gasteiger partial charge < -0.3 is 14.2 Å². The lowest BCUT2D eigenvalue weighted by atomic mass is 10.2. The summed E-state index contributed by atoms with van der Waals surface area (Å²) in [6.07, 6.45) is 3.21. The van der Waals surface area contributed by atoms with Crippen molar-refractivity contribution in [2.45, 2.75) is 6.54 Å². The van der Waals surface area contributed by atoms with Gasteiger partial charge in [0.15, 0.2) is 16.6 Å².